The minimum atomic E-state index is -0.00879. The summed E-state index contributed by atoms with van der Waals surface area (Å²) in [6.07, 6.45) is 6.31. The number of amides is 2. The highest BCUT2D eigenvalue weighted by Gasteiger charge is 2.29. The van der Waals surface area contributed by atoms with Crippen molar-refractivity contribution in [3.63, 3.8) is 0 Å². The third kappa shape index (κ3) is 4.86. The minimum absolute atomic E-state index is 0.00879. The number of nitrogens with one attached hydrogen (secondary N) is 2. The van der Waals surface area contributed by atoms with E-state index in [4.69, 9.17) is 4.52 Å². The van der Waals surface area contributed by atoms with Crippen LogP contribution >= 0.6 is 0 Å². The van der Waals surface area contributed by atoms with Gasteiger partial charge in [-0.2, -0.15) is 5.10 Å². The van der Waals surface area contributed by atoms with Gasteiger partial charge in [-0.3, -0.25) is 15.0 Å². The molecule has 1 aromatic carbocycles. The van der Waals surface area contributed by atoms with Gasteiger partial charge in [-0.1, -0.05) is 35.5 Å². The summed E-state index contributed by atoms with van der Waals surface area (Å²) in [5.41, 5.74) is 7.18. The minimum Gasteiger partial charge on any atom is -0.356 e. The number of fused-ring (bicyclic) bond motifs is 1. The molecule has 1 unspecified atom stereocenters. The van der Waals surface area contributed by atoms with E-state index < -0.39 is 0 Å². The monoisotopic (exact) mass is 497 g/mol. The maximum absolute atomic E-state index is 13.3. The van der Waals surface area contributed by atoms with E-state index in [1.54, 1.807) is 12.4 Å². The number of benzene rings is 1. The number of aromatic nitrogens is 4. The first kappa shape index (κ1) is 23.4. The zero-order valence-electron chi connectivity index (χ0n) is 21.0. The fourth-order valence-electron chi connectivity index (χ4n) is 5.41. The fraction of sp³-hybridized carbons (Fsp3) is 0.357. The molecule has 5 heterocycles. The molecular weight excluding hydrogens is 466 g/mol. The highest BCUT2D eigenvalue weighted by Crippen LogP contribution is 2.29. The summed E-state index contributed by atoms with van der Waals surface area (Å²) in [5, 5.41) is 15.2. The fourth-order valence-corrected chi connectivity index (χ4v) is 5.41. The third-order valence-electron chi connectivity index (χ3n) is 7.41. The van der Waals surface area contributed by atoms with Crippen LogP contribution in [0.2, 0.25) is 0 Å². The topological polar surface area (TPSA) is 103 Å². The van der Waals surface area contributed by atoms with E-state index in [2.05, 4.69) is 30.6 Å². The Morgan fingerprint density at radius 1 is 1.14 bits per heavy atom. The Labute approximate surface area is 215 Å². The Hall–Kier alpha value is -3.98. The number of piperidine rings is 1. The van der Waals surface area contributed by atoms with Crippen LogP contribution in [0.1, 0.15) is 35.4 Å². The van der Waals surface area contributed by atoms with E-state index in [1.165, 1.54) is 0 Å². The number of rotatable bonds is 5. The number of hydrogen-bond acceptors (Lipinski definition) is 6. The van der Waals surface area contributed by atoms with Gasteiger partial charge in [0.25, 0.3) is 0 Å². The molecule has 0 saturated carbocycles. The summed E-state index contributed by atoms with van der Waals surface area (Å²) in [6, 6.07) is 14.1. The Balaban J connectivity index is 1.10. The Kier molecular flexibility index (Phi) is 6.44. The van der Waals surface area contributed by atoms with Crippen LogP contribution in [0.15, 0.2) is 59.4 Å². The van der Waals surface area contributed by atoms with Crippen molar-refractivity contribution in [3.8, 4) is 22.6 Å². The highest BCUT2D eigenvalue weighted by atomic mass is 16.5. The largest absolute Gasteiger partial charge is 0.356 e. The summed E-state index contributed by atoms with van der Waals surface area (Å²) in [6.45, 7) is 5.76. The lowest BCUT2D eigenvalue weighted by Crippen LogP contribution is -2.52. The summed E-state index contributed by atoms with van der Waals surface area (Å²) in [4.78, 5) is 21.7. The maximum Gasteiger partial charge on any atom is 0.317 e. The van der Waals surface area contributed by atoms with E-state index in [1.807, 2.05) is 54.3 Å². The van der Waals surface area contributed by atoms with Gasteiger partial charge < -0.3 is 14.7 Å². The molecule has 3 aromatic heterocycles. The maximum atomic E-state index is 13.3. The number of H-pyrrole nitrogens is 1. The second-order valence-electron chi connectivity index (χ2n) is 9.90. The first-order valence-electron chi connectivity index (χ1n) is 12.9. The normalized spacial score (nSPS) is 18.0. The van der Waals surface area contributed by atoms with E-state index in [0.29, 0.717) is 13.1 Å². The second kappa shape index (κ2) is 10.2. The lowest BCUT2D eigenvalue weighted by Gasteiger charge is -2.35. The Morgan fingerprint density at radius 2 is 1.97 bits per heavy atom. The van der Waals surface area contributed by atoms with Crippen LogP contribution in [0.3, 0.4) is 0 Å². The molecule has 9 nitrogen and oxygen atoms in total. The smallest absolute Gasteiger partial charge is 0.317 e. The van der Waals surface area contributed by atoms with Crippen molar-refractivity contribution < 1.29 is 9.32 Å². The Morgan fingerprint density at radius 3 is 2.81 bits per heavy atom. The molecule has 0 radical (unpaired) electrons. The van der Waals surface area contributed by atoms with Gasteiger partial charge in [-0.25, -0.2) is 4.79 Å². The number of aryl methyl sites for hydroxylation is 1. The lowest BCUT2D eigenvalue weighted by atomic mass is 10.0. The summed E-state index contributed by atoms with van der Waals surface area (Å²) in [5.74, 6) is 0.832. The average molecular weight is 498 g/mol. The SMILES string of the molecule is Cc1noc(-c2ccccc2)c1CN1CCCC(NC(=O)N2CCc3[nH]nc(-c4ccncc4)c3C2)C1. The number of hydrogen-bond donors (Lipinski definition) is 2. The third-order valence-corrected chi connectivity index (χ3v) is 7.41. The molecule has 37 heavy (non-hydrogen) atoms. The van der Waals surface area contributed by atoms with Crippen LogP contribution in [0.4, 0.5) is 4.79 Å². The summed E-state index contributed by atoms with van der Waals surface area (Å²) >= 11 is 0. The lowest BCUT2D eigenvalue weighted by molar-refractivity contribution is 0.160. The molecular formula is C28H31N7O2. The van der Waals surface area contributed by atoms with Crippen LogP contribution in [-0.4, -0.2) is 61.8 Å². The molecule has 2 aliphatic rings. The van der Waals surface area contributed by atoms with Crippen LogP contribution in [0, 0.1) is 6.92 Å². The molecule has 6 rings (SSSR count). The summed E-state index contributed by atoms with van der Waals surface area (Å²) in [7, 11) is 0. The second-order valence-corrected chi connectivity index (χ2v) is 9.90. The van der Waals surface area contributed by atoms with Crippen molar-refractivity contribution in [2.75, 3.05) is 19.6 Å². The molecule has 9 heteroatoms. The van der Waals surface area contributed by atoms with Crippen molar-refractivity contribution in [1.29, 1.82) is 0 Å². The Bertz CT molecular complexity index is 1370. The molecule has 1 saturated heterocycles. The summed E-state index contributed by atoms with van der Waals surface area (Å²) < 4.78 is 5.69. The molecule has 0 spiro atoms. The predicted octanol–water partition coefficient (Wildman–Crippen LogP) is 4.17. The average Bonchev–Trinajstić information content (AvgIpc) is 3.53. The van der Waals surface area contributed by atoms with Gasteiger partial charge >= 0.3 is 6.03 Å². The van der Waals surface area contributed by atoms with E-state index >= 15 is 0 Å². The quantitative estimate of drug-likeness (QED) is 0.429. The van der Waals surface area contributed by atoms with Gasteiger partial charge in [-0.15, -0.1) is 0 Å². The molecule has 2 aliphatic heterocycles. The van der Waals surface area contributed by atoms with Crippen molar-refractivity contribution >= 4 is 6.03 Å². The van der Waals surface area contributed by atoms with Crippen LogP contribution in [0.5, 0.6) is 0 Å². The predicted molar refractivity (Wildman–Crippen MR) is 139 cm³/mol. The van der Waals surface area contributed by atoms with Gasteiger partial charge in [0.1, 0.15) is 0 Å². The van der Waals surface area contributed by atoms with Gasteiger partial charge in [-0.05, 0) is 38.4 Å². The molecule has 190 valence electrons. The van der Waals surface area contributed by atoms with E-state index in [9.17, 15) is 4.79 Å². The standard InChI is InChI=1S/C28H31N7O2/c1-19-23(27(37-33-19)21-6-3-2-4-7-21)17-34-14-5-8-22(16-34)30-28(36)35-15-11-25-24(18-35)26(32-31-25)20-9-12-29-13-10-20/h2-4,6-7,9-10,12-13,22H,5,8,11,14-18H2,1H3,(H,30,36)(H,31,32). The molecule has 0 bridgehead atoms. The first-order valence-corrected chi connectivity index (χ1v) is 12.9. The van der Waals surface area contributed by atoms with Crippen molar-refractivity contribution in [3.05, 3.63) is 77.4 Å². The van der Waals surface area contributed by atoms with E-state index in [0.717, 1.165) is 84.0 Å². The number of urea groups is 1. The number of nitrogens with zero attached hydrogens (tertiary/aromatic N) is 5. The molecule has 1 fully saturated rings. The number of likely N-dealkylation sites (tertiary alicyclic amines) is 1. The number of pyridine rings is 1. The molecule has 2 N–H and O–H groups in total. The molecule has 1 atom stereocenters. The molecule has 2 amide bonds. The van der Waals surface area contributed by atoms with Crippen LogP contribution in [-0.2, 0) is 19.5 Å². The molecule has 0 aliphatic carbocycles. The van der Waals surface area contributed by atoms with Gasteiger partial charge in [0.15, 0.2) is 5.76 Å². The van der Waals surface area contributed by atoms with Crippen molar-refractivity contribution in [1.82, 2.24) is 35.5 Å². The number of carbonyl (C=O) groups is 1. The van der Waals surface area contributed by atoms with Crippen molar-refractivity contribution in [2.45, 2.75) is 45.3 Å². The number of aromatic amines is 1. The zero-order valence-corrected chi connectivity index (χ0v) is 21.0. The molecule has 4 aromatic rings. The van der Waals surface area contributed by atoms with Crippen LogP contribution < -0.4 is 5.32 Å². The zero-order chi connectivity index (χ0) is 25.2. The highest BCUT2D eigenvalue weighted by molar-refractivity contribution is 5.76. The van der Waals surface area contributed by atoms with E-state index in [-0.39, 0.29) is 12.1 Å². The van der Waals surface area contributed by atoms with Gasteiger partial charge in [0.05, 0.1) is 17.9 Å². The number of carbonyl (C=O) groups excluding carboxylic acids is 1. The van der Waals surface area contributed by atoms with Gasteiger partial charge in [0, 0.05) is 72.4 Å². The van der Waals surface area contributed by atoms with Gasteiger partial charge in [0.2, 0.25) is 0 Å². The van der Waals surface area contributed by atoms with Crippen LogP contribution in [0.25, 0.3) is 22.6 Å². The van der Waals surface area contributed by atoms with Crippen molar-refractivity contribution in [2.24, 2.45) is 0 Å². The first-order chi connectivity index (χ1) is 18.2.